The van der Waals surface area contributed by atoms with Crippen LogP contribution in [0.3, 0.4) is 0 Å². The van der Waals surface area contributed by atoms with E-state index in [2.05, 4.69) is 198 Å². The first-order chi connectivity index (χ1) is 25.7. The molecule has 0 aliphatic heterocycles. The molecule has 0 spiro atoms. The molecule has 3 aromatic heterocycles. The highest BCUT2D eigenvalue weighted by atomic mass is 15.1. The second-order valence-electron chi connectivity index (χ2n) is 13.3. The molecular formula is C49H33N3. The Hall–Kier alpha value is -6.97. The van der Waals surface area contributed by atoms with E-state index in [9.17, 15) is 0 Å². The highest BCUT2D eigenvalue weighted by molar-refractivity contribution is 6.17. The number of para-hydroxylation sites is 2. The van der Waals surface area contributed by atoms with Crippen molar-refractivity contribution in [3.8, 4) is 45.0 Å². The molecule has 0 fully saturated rings. The highest BCUT2D eigenvalue weighted by Gasteiger charge is 2.20. The van der Waals surface area contributed by atoms with Crippen LogP contribution in [0, 0.1) is 0 Å². The van der Waals surface area contributed by atoms with Crippen LogP contribution in [-0.2, 0) is 0 Å². The molecule has 0 unspecified atom stereocenters. The lowest BCUT2D eigenvalue weighted by Gasteiger charge is -2.13. The van der Waals surface area contributed by atoms with Gasteiger partial charge in [0.2, 0.25) is 0 Å². The summed E-state index contributed by atoms with van der Waals surface area (Å²) in [5.74, 6) is 0.887. The van der Waals surface area contributed by atoms with Gasteiger partial charge in [-0.2, -0.15) is 0 Å². The minimum atomic E-state index is 0.887. The third-order valence-electron chi connectivity index (χ3n) is 10.3. The lowest BCUT2D eigenvalue weighted by Crippen LogP contribution is -2.00. The number of hydrogen-bond donors (Lipinski definition) is 0. The van der Waals surface area contributed by atoms with Crippen LogP contribution in [0.1, 0.15) is 5.56 Å². The summed E-state index contributed by atoms with van der Waals surface area (Å²) in [6.07, 6.45) is 1.93. The number of benzene rings is 7. The second kappa shape index (κ2) is 12.1. The first-order valence-corrected chi connectivity index (χ1v) is 17.7. The number of aromatic nitrogens is 3. The Kier molecular flexibility index (Phi) is 6.97. The molecule has 3 nitrogen and oxygen atoms in total. The van der Waals surface area contributed by atoms with Gasteiger partial charge in [0.15, 0.2) is 0 Å². The summed E-state index contributed by atoms with van der Waals surface area (Å²) in [7, 11) is 0. The zero-order chi connectivity index (χ0) is 34.6. The molecule has 0 bridgehead atoms. The largest absolute Gasteiger partial charge is 0.309 e. The topological polar surface area (TPSA) is 22.8 Å². The van der Waals surface area contributed by atoms with E-state index in [1.54, 1.807) is 0 Å². The molecule has 3 heteroatoms. The van der Waals surface area contributed by atoms with Gasteiger partial charge in [0, 0.05) is 32.8 Å². The first kappa shape index (κ1) is 29.9. The van der Waals surface area contributed by atoms with E-state index in [1.807, 2.05) is 6.08 Å². The summed E-state index contributed by atoms with van der Waals surface area (Å²) >= 11 is 0. The van der Waals surface area contributed by atoms with E-state index < -0.39 is 0 Å². The number of rotatable bonds is 6. The molecule has 52 heavy (non-hydrogen) atoms. The van der Waals surface area contributed by atoms with Gasteiger partial charge in [-0.15, -0.1) is 0 Å². The number of hydrogen-bond acceptors (Lipinski definition) is 1. The van der Waals surface area contributed by atoms with Crippen LogP contribution in [0.5, 0.6) is 0 Å². The molecule has 10 aromatic rings. The predicted molar refractivity (Wildman–Crippen MR) is 219 cm³/mol. The fourth-order valence-electron chi connectivity index (χ4n) is 7.88. The number of nitrogens with zero attached hydrogens (tertiary/aromatic N) is 3. The number of pyridine rings is 1. The third kappa shape index (κ3) is 4.79. The molecule has 7 aromatic carbocycles. The van der Waals surface area contributed by atoms with Crippen molar-refractivity contribution in [1.82, 2.24) is 14.1 Å². The van der Waals surface area contributed by atoms with Crippen LogP contribution < -0.4 is 0 Å². The van der Waals surface area contributed by atoms with Gasteiger partial charge >= 0.3 is 0 Å². The minimum absolute atomic E-state index is 0.887. The third-order valence-corrected chi connectivity index (χ3v) is 10.3. The van der Waals surface area contributed by atoms with Crippen LogP contribution in [-0.4, -0.2) is 14.1 Å². The Morgan fingerprint density at radius 2 is 1.10 bits per heavy atom. The van der Waals surface area contributed by atoms with Crippen LogP contribution >= 0.6 is 0 Å². The van der Waals surface area contributed by atoms with E-state index in [-0.39, 0.29) is 0 Å². The van der Waals surface area contributed by atoms with E-state index in [4.69, 9.17) is 4.98 Å². The maximum absolute atomic E-state index is 5.37. The first-order valence-electron chi connectivity index (χ1n) is 17.7. The average molecular weight is 664 g/mol. The second-order valence-corrected chi connectivity index (χ2v) is 13.3. The molecule has 0 aliphatic carbocycles. The number of fused-ring (bicyclic) bond motifs is 6. The standard InChI is InChI=1S/C49H33N3/c1-2-33-25-28-45-42(29-33)49-39(22-14-24-46(49)51(45)38-19-10-5-11-20-38)36-26-27-41-40-21-12-13-23-44(40)52(47(41)31-36)48-32-37(34-15-6-3-7-16-34)30-43(50-48)35-17-8-4-9-18-35/h2-32H,1H2. The van der Waals surface area contributed by atoms with Crippen molar-refractivity contribution in [2.75, 3.05) is 0 Å². The van der Waals surface area contributed by atoms with Gasteiger partial charge in [-0.3, -0.25) is 4.57 Å². The van der Waals surface area contributed by atoms with Crippen LogP contribution in [0.15, 0.2) is 189 Å². The molecule has 3 heterocycles. The molecule has 0 radical (unpaired) electrons. The van der Waals surface area contributed by atoms with Gasteiger partial charge in [-0.1, -0.05) is 140 Å². The van der Waals surface area contributed by atoms with Gasteiger partial charge in [0.05, 0.1) is 27.8 Å². The Balaban J connectivity index is 1.26. The normalized spacial score (nSPS) is 11.5. The molecule has 244 valence electrons. The van der Waals surface area contributed by atoms with Crippen LogP contribution in [0.25, 0.3) is 94.7 Å². The van der Waals surface area contributed by atoms with Crippen LogP contribution in [0.4, 0.5) is 0 Å². The summed E-state index contributed by atoms with van der Waals surface area (Å²) in [6.45, 7) is 4.09. The summed E-state index contributed by atoms with van der Waals surface area (Å²) in [5.41, 5.74) is 13.5. The van der Waals surface area contributed by atoms with E-state index in [1.165, 1.54) is 38.1 Å². The monoisotopic (exact) mass is 663 g/mol. The molecule has 0 amide bonds. The van der Waals surface area contributed by atoms with Gasteiger partial charge in [-0.25, -0.2) is 4.98 Å². The Morgan fingerprint density at radius 3 is 1.88 bits per heavy atom. The highest BCUT2D eigenvalue weighted by Crippen LogP contribution is 2.41. The van der Waals surface area contributed by atoms with E-state index in [0.717, 1.165) is 56.0 Å². The smallest absolute Gasteiger partial charge is 0.138 e. The molecule has 10 rings (SSSR count). The summed E-state index contributed by atoms with van der Waals surface area (Å²) in [6, 6.07) is 65.0. The van der Waals surface area contributed by atoms with Crippen molar-refractivity contribution in [1.29, 1.82) is 0 Å². The van der Waals surface area contributed by atoms with Crippen molar-refractivity contribution >= 4 is 49.7 Å². The zero-order valence-corrected chi connectivity index (χ0v) is 28.4. The van der Waals surface area contributed by atoms with Crippen molar-refractivity contribution in [3.63, 3.8) is 0 Å². The zero-order valence-electron chi connectivity index (χ0n) is 28.4. The fraction of sp³-hybridized carbons (Fsp3) is 0. The average Bonchev–Trinajstić information content (AvgIpc) is 3.74. The Labute approximate surface area is 302 Å². The molecule has 0 saturated heterocycles. The quantitative estimate of drug-likeness (QED) is 0.174. The Morgan fingerprint density at radius 1 is 0.423 bits per heavy atom. The van der Waals surface area contributed by atoms with Crippen molar-refractivity contribution < 1.29 is 0 Å². The van der Waals surface area contributed by atoms with Crippen molar-refractivity contribution in [2.45, 2.75) is 0 Å². The lowest BCUT2D eigenvalue weighted by molar-refractivity contribution is 1.08. The lowest BCUT2D eigenvalue weighted by atomic mass is 9.97. The van der Waals surface area contributed by atoms with Crippen molar-refractivity contribution in [3.05, 3.63) is 194 Å². The summed E-state index contributed by atoms with van der Waals surface area (Å²) in [5, 5.41) is 4.83. The van der Waals surface area contributed by atoms with Crippen molar-refractivity contribution in [2.24, 2.45) is 0 Å². The SMILES string of the molecule is C=Cc1ccc2c(c1)c1c(-c3ccc4c5ccccc5n(-c5cc(-c6ccccc6)cc(-c6ccccc6)n5)c4c3)cccc1n2-c1ccccc1. The molecule has 0 N–H and O–H groups in total. The minimum Gasteiger partial charge on any atom is -0.309 e. The van der Waals surface area contributed by atoms with Gasteiger partial charge < -0.3 is 4.57 Å². The predicted octanol–water partition coefficient (Wildman–Crippen LogP) is 12.9. The maximum atomic E-state index is 5.37. The molecular weight excluding hydrogens is 631 g/mol. The Bertz CT molecular complexity index is 2890. The van der Waals surface area contributed by atoms with Crippen LogP contribution in [0.2, 0.25) is 0 Å². The molecule has 0 saturated carbocycles. The maximum Gasteiger partial charge on any atom is 0.138 e. The summed E-state index contributed by atoms with van der Waals surface area (Å²) in [4.78, 5) is 5.37. The fourth-order valence-corrected chi connectivity index (χ4v) is 7.88. The van der Waals surface area contributed by atoms with Gasteiger partial charge in [0.25, 0.3) is 0 Å². The summed E-state index contributed by atoms with van der Waals surface area (Å²) < 4.78 is 4.72. The van der Waals surface area contributed by atoms with E-state index >= 15 is 0 Å². The van der Waals surface area contributed by atoms with Gasteiger partial charge in [0.1, 0.15) is 5.82 Å². The van der Waals surface area contributed by atoms with E-state index in [0.29, 0.717) is 0 Å². The molecule has 0 atom stereocenters. The molecule has 0 aliphatic rings. The van der Waals surface area contributed by atoms with Gasteiger partial charge in [-0.05, 0) is 82.4 Å².